The van der Waals surface area contributed by atoms with Gasteiger partial charge in [-0.3, -0.25) is 4.79 Å². The van der Waals surface area contributed by atoms with Gasteiger partial charge in [-0.1, -0.05) is 18.2 Å². The number of rotatable bonds is 3. The van der Waals surface area contributed by atoms with Crippen molar-refractivity contribution in [3.05, 3.63) is 48.0 Å². The number of Topliss-reactive ketones (excluding diaryl/α,β-unsaturated/α-hetero) is 1. The zero-order valence-corrected chi connectivity index (χ0v) is 10.2. The Morgan fingerprint density at radius 2 is 2.33 bits per heavy atom. The molecule has 1 aromatic heterocycles. The van der Waals surface area contributed by atoms with Crippen LogP contribution in [-0.2, 0) is 13.0 Å². The van der Waals surface area contributed by atoms with Crippen LogP contribution in [0, 0.1) is 0 Å². The van der Waals surface area contributed by atoms with Gasteiger partial charge in [-0.25, -0.2) is 4.98 Å². The van der Waals surface area contributed by atoms with Gasteiger partial charge in [0.1, 0.15) is 11.4 Å². The molecule has 1 atom stereocenters. The highest BCUT2D eigenvalue weighted by atomic mass is 16.5. The molecule has 0 radical (unpaired) electrons. The number of carbonyl (C=O) groups excluding carboxylic acids is 1. The lowest BCUT2D eigenvalue weighted by Crippen LogP contribution is -2.25. The fourth-order valence-electron chi connectivity index (χ4n) is 2.15. The van der Waals surface area contributed by atoms with E-state index in [1.165, 1.54) is 0 Å². The van der Waals surface area contributed by atoms with Crippen LogP contribution in [0.25, 0.3) is 0 Å². The second-order valence-electron chi connectivity index (χ2n) is 4.37. The van der Waals surface area contributed by atoms with Crippen molar-refractivity contribution in [3.63, 3.8) is 0 Å². The van der Waals surface area contributed by atoms with Crippen LogP contribution in [0.2, 0.25) is 0 Å². The molecule has 4 heteroatoms. The van der Waals surface area contributed by atoms with Crippen LogP contribution in [0.1, 0.15) is 23.0 Å². The lowest BCUT2D eigenvalue weighted by atomic mass is 10.1. The lowest BCUT2D eigenvalue weighted by molar-refractivity contribution is 0.0820. The number of ketones is 1. The molecule has 0 amide bonds. The summed E-state index contributed by atoms with van der Waals surface area (Å²) in [4.78, 5) is 16.4. The molecule has 0 fully saturated rings. The molecule has 2 heterocycles. The predicted octanol–water partition coefficient (Wildman–Crippen LogP) is 2.09. The number of para-hydroxylation sites is 1. The van der Waals surface area contributed by atoms with Crippen LogP contribution >= 0.6 is 0 Å². The Balaban J connectivity index is 1.80. The predicted molar refractivity (Wildman–Crippen MR) is 66.8 cm³/mol. The second kappa shape index (κ2) is 4.29. The highest BCUT2D eigenvalue weighted by Gasteiger charge is 2.30. The third-order valence-electron chi connectivity index (χ3n) is 3.19. The van der Waals surface area contributed by atoms with Gasteiger partial charge in [0.2, 0.25) is 5.78 Å². The number of ether oxygens (including phenoxy) is 1. The molecule has 18 heavy (non-hydrogen) atoms. The number of benzene rings is 1. The van der Waals surface area contributed by atoms with Crippen LogP contribution in [0.15, 0.2) is 36.8 Å². The van der Waals surface area contributed by atoms with Gasteiger partial charge in [-0.05, 0) is 18.6 Å². The van der Waals surface area contributed by atoms with Crippen molar-refractivity contribution in [2.24, 2.45) is 0 Å². The fourth-order valence-corrected chi connectivity index (χ4v) is 2.15. The van der Waals surface area contributed by atoms with E-state index in [9.17, 15) is 4.79 Å². The van der Waals surface area contributed by atoms with Crippen LogP contribution in [-0.4, -0.2) is 21.4 Å². The van der Waals surface area contributed by atoms with E-state index in [0.717, 1.165) is 17.9 Å². The largest absolute Gasteiger partial charge is 0.482 e. The number of nitrogens with zero attached hydrogens (tertiary/aromatic N) is 2. The molecule has 1 aliphatic heterocycles. The lowest BCUT2D eigenvalue weighted by Gasteiger charge is -2.07. The number of carbonyl (C=O) groups is 1. The number of aromatic nitrogens is 2. The minimum absolute atomic E-state index is 0.0431. The first-order valence-electron chi connectivity index (χ1n) is 6.08. The van der Waals surface area contributed by atoms with Crippen molar-refractivity contribution in [1.82, 2.24) is 9.55 Å². The zero-order valence-electron chi connectivity index (χ0n) is 10.2. The molecule has 3 rings (SSSR count). The van der Waals surface area contributed by atoms with Crippen LogP contribution in [0.3, 0.4) is 0 Å². The molecule has 1 unspecified atom stereocenters. The van der Waals surface area contributed by atoms with Crippen molar-refractivity contribution in [1.29, 1.82) is 0 Å². The number of imidazole rings is 1. The van der Waals surface area contributed by atoms with E-state index in [1.807, 2.05) is 35.8 Å². The van der Waals surface area contributed by atoms with Crippen molar-refractivity contribution < 1.29 is 9.53 Å². The van der Waals surface area contributed by atoms with E-state index in [2.05, 4.69) is 4.98 Å². The van der Waals surface area contributed by atoms with Gasteiger partial charge in [0.25, 0.3) is 0 Å². The Kier molecular flexibility index (Phi) is 2.63. The van der Waals surface area contributed by atoms with Crippen LogP contribution in [0.5, 0.6) is 5.75 Å². The normalized spacial score (nSPS) is 17.3. The Labute approximate surface area is 105 Å². The Hall–Kier alpha value is -2.10. The van der Waals surface area contributed by atoms with Crippen LogP contribution < -0.4 is 4.74 Å². The summed E-state index contributed by atoms with van der Waals surface area (Å²) >= 11 is 0. The average molecular weight is 242 g/mol. The molecular weight excluding hydrogens is 228 g/mol. The summed E-state index contributed by atoms with van der Waals surface area (Å²) in [7, 11) is 0. The molecule has 0 spiro atoms. The van der Waals surface area contributed by atoms with Gasteiger partial charge in [0.15, 0.2) is 6.10 Å². The quantitative estimate of drug-likeness (QED) is 0.774. The van der Waals surface area contributed by atoms with Crippen molar-refractivity contribution in [3.8, 4) is 5.75 Å². The first-order valence-corrected chi connectivity index (χ1v) is 6.08. The van der Waals surface area contributed by atoms with Gasteiger partial charge in [-0.15, -0.1) is 0 Å². The van der Waals surface area contributed by atoms with E-state index in [-0.39, 0.29) is 5.78 Å². The SMILES string of the molecule is CCn1cnc(C(=O)C2Cc3ccccc3O2)c1. The van der Waals surface area contributed by atoms with Gasteiger partial charge >= 0.3 is 0 Å². The molecule has 0 N–H and O–H groups in total. The van der Waals surface area contributed by atoms with Crippen molar-refractivity contribution >= 4 is 5.78 Å². The fraction of sp³-hybridized carbons (Fsp3) is 0.286. The maximum Gasteiger partial charge on any atom is 0.223 e. The van der Waals surface area contributed by atoms with Crippen LogP contribution in [0.4, 0.5) is 0 Å². The number of fused-ring (bicyclic) bond motifs is 1. The first-order chi connectivity index (χ1) is 8.78. The van der Waals surface area contributed by atoms with E-state index in [4.69, 9.17) is 4.74 Å². The van der Waals surface area contributed by atoms with Crippen molar-refractivity contribution in [2.75, 3.05) is 0 Å². The maximum absolute atomic E-state index is 12.2. The number of hydrogen-bond acceptors (Lipinski definition) is 3. The molecule has 4 nitrogen and oxygen atoms in total. The molecule has 0 bridgehead atoms. The smallest absolute Gasteiger partial charge is 0.223 e. The summed E-state index contributed by atoms with van der Waals surface area (Å²) in [6.45, 7) is 2.82. The summed E-state index contributed by atoms with van der Waals surface area (Å²) in [6.07, 6.45) is 3.65. The minimum atomic E-state index is -0.428. The van der Waals surface area contributed by atoms with Gasteiger partial charge in [0, 0.05) is 19.2 Å². The molecule has 92 valence electrons. The number of hydrogen-bond donors (Lipinski definition) is 0. The van der Waals surface area contributed by atoms with E-state index < -0.39 is 6.10 Å². The van der Waals surface area contributed by atoms with Gasteiger partial charge in [-0.2, -0.15) is 0 Å². The summed E-state index contributed by atoms with van der Waals surface area (Å²) in [5, 5.41) is 0. The van der Waals surface area contributed by atoms with Crippen molar-refractivity contribution in [2.45, 2.75) is 26.0 Å². The summed E-state index contributed by atoms with van der Waals surface area (Å²) < 4.78 is 7.55. The third-order valence-corrected chi connectivity index (χ3v) is 3.19. The van der Waals surface area contributed by atoms with E-state index in [0.29, 0.717) is 12.1 Å². The summed E-state index contributed by atoms with van der Waals surface area (Å²) in [5.41, 5.74) is 1.57. The summed E-state index contributed by atoms with van der Waals surface area (Å²) in [5.74, 6) is 0.768. The standard InChI is InChI=1S/C14H14N2O2/c1-2-16-8-11(15-9-16)14(17)13-7-10-5-3-4-6-12(10)18-13/h3-6,8-9,13H,2,7H2,1H3. The summed E-state index contributed by atoms with van der Waals surface area (Å²) in [6, 6.07) is 7.76. The zero-order chi connectivity index (χ0) is 12.5. The molecule has 0 saturated carbocycles. The topological polar surface area (TPSA) is 44.1 Å². The highest BCUT2D eigenvalue weighted by molar-refractivity contribution is 5.98. The molecule has 2 aromatic rings. The molecule has 1 aliphatic rings. The van der Waals surface area contributed by atoms with Gasteiger partial charge < -0.3 is 9.30 Å². The van der Waals surface area contributed by atoms with E-state index in [1.54, 1.807) is 12.5 Å². The monoisotopic (exact) mass is 242 g/mol. The highest BCUT2D eigenvalue weighted by Crippen LogP contribution is 2.29. The third kappa shape index (κ3) is 1.79. The molecule has 1 aromatic carbocycles. The Bertz CT molecular complexity index is 564. The second-order valence-corrected chi connectivity index (χ2v) is 4.37. The molecule has 0 saturated heterocycles. The molecular formula is C14H14N2O2. The van der Waals surface area contributed by atoms with E-state index >= 15 is 0 Å². The average Bonchev–Trinajstić information content (AvgIpc) is 3.04. The first kappa shape index (κ1) is 11.0. The Morgan fingerprint density at radius 1 is 1.50 bits per heavy atom. The van der Waals surface area contributed by atoms with Gasteiger partial charge in [0.05, 0.1) is 6.33 Å². The minimum Gasteiger partial charge on any atom is -0.482 e. The maximum atomic E-state index is 12.2. The molecule has 0 aliphatic carbocycles. The Morgan fingerprint density at radius 3 is 3.06 bits per heavy atom. The number of aryl methyl sites for hydroxylation is 1.